The summed E-state index contributed by atoms with van der Waals surface area (Å²) in [5.74, 6) is -0.544. The zero-order valence-electron chi connectivity index (χ0n) is 11.1. The molecule has 2 aromatic carbocycles. The molecule has 0 N–H and O–H groups in total. The molecule has 82 valence electrons. The van der Waals surface area contributed by atoms with Gasteiger partial charge in [0, 0.05) is 1.37 Å². The van der Waals surface area contributed by atoms with E-state index in [9.17, 15) is 0 Å². The second kappa shape index (κ2) is 4.52. The van der Waals surface area contributed by atoms with Crippen LogP contribution in [0.15, 0.2) is 48.5 Å². The van der Waals surface area contributed by atoms with Crippen molar-refractivity contribution in [3.8, 4) is 11.1 Å². The molecule has 0 saturated carbocycles. The van der Waals surface area contributed by atoms with Crippen LogP contribution in [0, 0.1) is 6.92 Å². The van der Waals surface area contributed by atoms with Gasteiger partial charge in [0.05, 0.1) is 0 Å². The Labute approximate surface area is 99.4 Å². The Morgan fingerprint density at radius 3 is 2.31 bits per heavy atom. The van der Waals surface area contributed by atoms with Gasteiger partial charge in [-0.25, -0.2) is 0 Å². The minimum atomic E-state index is -0.544. The van der Waals surface area contributed by atoms with Gasteiger partial charge in [-0.05, 0) is 35.1 Å². The molecule has 0 aromatic heterocycles. The van der Waals surface area contributed by atoms with Gasteiger partial charge in [0.15, 0.2) is 0 Å². The number of hydrogen-bond acceptors (Lipinski definition) is 0. The molecule has 0 heteroatoms. The van der Waals surface area contributed by atoms with Crippen LogP contribution in [0.4, 0.5) is 0 Å². The van der Waals surface area contributed by atoms with Crippen LogP contribution in [0.1, 0.15) is 32.2 Å². The fourth-order valence-corrected chi connectivity index (χ4v) is 1.86. The monoisotopic (exact) mass is 211 g/mol. The highest BCUT2D eigenvalue weighted by molar-refractivity contribution is 5.67. The molecule has 0 aliphatic rings. The largest absolute Gasteiger partial charge is 0.0622 e. The summed E-state index contributed by atoms with van der Waals surface area (Å²) in [6.07, 6.45) is 0. The summed E-state index contributed by atoms with van der Waals surface area (Å²) in [7, 11) is 0. The maximum atomic E-state index is 8.10. The molecule has 0 fully saturated rings. The van der Waals surface area contributed by atoms with Gasteiger partial charge < -0.3 is 0 Å². The summed E-state index contributed by atoms with van der Waals surface area (Å²) >= 11 is 0. The highest BCUT2D eigenvalue weighted by Crippen LogP contribution is 2.27. The lowest BCUT2D eigenvalue weighted by Crippen LogP contribution is -1.90. The predicted octanol–water partition coefficient (Wildman–Crippen LogP) is 4.79. The van der Waals surface area contributed by atoms with E-state index in [-0.39, 0.29) is 0 Å². The van der Waals surface area contributed by atoms with E-state index in [2.05, 4.69) is 37.3 Å². The third-order valence-corrected chi connectivity index (χ3v) is 2.90. The molecule has 0 saturated heterocycles. The van der Waals surface area contributed by atoms with Crippen LogP contribution in [0.5, 0.6) is 0 Å². The topological polar surface area (TPSA) is 0 Å². The van der Waals surface area contributed by atoms with Crippen molar-refractivity contribution in [2.24, 2.45) is 0 Å². The van der Waals surface area contributed by atoms with E-state index >= 15 is 0 Å². The molecule has 2 aromatic rings. The zero-order valence-corrected chi connectivity index (χ0v) is 10.1. The molecule has 0 bridgehead atoms. The van der Waals surface area contributed by atoms with E-state index in [1.165, 1.54) is 16.7 Å². The average molecular weight is 211 g/mol. The normalized spacial score (nSPS) is 12.3. The second-order valence-electron chi connectivity index (χ2n) is 4.40. The molecule has 0 atom stereocenters. The van der Waals surface area contributed by atoms with Gasteiger partial charge >= 0.3 is 0 Å². The highest BCUT2D eigenvalue weighted by atomic mass is 14.1. The Morgan fingerprint density at radius 1 is 1.00 bits per heavy atom. The first-order chi connectivity index (χ1) is 7.98. The van der Waals surface area contributed by atoms with E-state index in [4.69, 9.17) is 1.37 Å². The Balaban J connectivity index is 2.55. The van der Waals surface area contributed by atoms with E-state index in [1.807, 2.05) is 32.0 Å². The number of hydrogen-bond donors (Lipinski definition) is 0. The fourth-order valence-electron chi connectivity index (χ4n) is 1.86. The van der Waals surface area contributed by atoms with Crippen molar-refractivity contribution < 1.29 is 1.37 Å². The summed E-state index contributed by atoms with van der Waals surface area (Å²) < 4.78 is 8.10. The Bertz CT molecular complexity index is 507. The zero-order chi connectivity index (χ0) is 12.5. The number of aryl methyl sites for hydroxylation is 1. The van der Waals surface area contributed by atoms with Gasteiger partial charge in [0.25, 0.3) is 0 Å². The number of benzene rings is 2. The van der Waals surface area contributed by atoms with Crippen LogP contribution < -0.4 is 0 Å². The number of rotatable bonds is 2. The molecule has 0 heterocycles. The van der Waals surface area contributed by atoms with Gasteiger partial charge in [0.1, 0.15) is 0 Å². The molecule has 0 spiro atoms. The van der Waals surface area contributed by atoms with Crippen molar-refractivity contribution >= 4 is 0 Å². The average Bonchev–Trinajstić information content (AvgIpc) is 2.29. The van der Waals surface area contributed by atoms with Crippen LogP contribution in [-0.4, -0.2) is 0 Å². The first kappa shape index (κ1) is 9.65. The van der Waals surface area contributed by atoms with Gasteiger partial charge in [-0.15, -0.1) is 0 Å². The first-order valence-corrected chi connectivity index (χ1v) is 5.65. The second-order valence-corrected chi connectivity index (χ2v) is 4.40. The molecule has 2 rings (SSSR count). The SMILES string of the molecule is [2H]C(C)(C)c1ccc(C)c(-c2ccccc2)c1. The lowest BCUT2D eigenvalue weighted by Gasteiger charge is -2.11. The summed E-state index contributed by atoms with van der Waals surface area (Å²) in [5.41, 5.74) is 4.76. The third kappa shape index (κ3) is 2.16. The van der Waals surface area contributed by atoms with Crippen LogP contribution in [-0.2, 0) is 0 Å². The van der Waals surface area contributed by atoms with Crippen molar-refractivity contribution in [2.75, 3.05) is 0 Å². The Kier molecular flexibility index (Phi) is 2.73. The van der Waals surface area contributed by atoms with E-state index < -0.39 is 5.89 Å². The summed E-state index contributed by atoms with van der Waals surface area (Å²) in [6.45, 7) is 5.96. The first-order valence-electron chi connectivity index (χ1n) is 6.15. The van der Waals surface area contributed by atoms with Crippen molar-refractivity contribution in [1.82, 2.24) is 0 Å². The Hall–Kier alpha value is -1.56. The van der Waals surface area contributed by atoms with Crippen LogP contribution in [0.25, 0.3) is 11.1 Å². The van der Waals surface area contributed by atoms with Crippen LogP contribution in [0.3, 0.4) is 0 Å². The molecule has 0 nitrogen and oxygen atoms in total. The van der Waals surface area contributed by atoms with Crippen molar-refractivity contribution in [2.45, 2.75) is 26.7 Å². The van der Waals surface area contributed by atoms with Crippen LogP contribution >= 0.6 is 0 Å². The van der Waals surface area contributed by atoms with E-state index in [0.29, 0.717) is 0 Å². The minimum Gasteiger partial charge on any atom is -0.0622 e. The smallest absolute Gasteiger partial charge is 0.0347 e. The minimum absolute atomic E-state index is 0.544. The lowest BCUT2D eigenvalue weighted by atomic mass is 9.94. The molecule has 0 radical (unpaired) electrons. The van der Waals surface area contributed by atoms with Crippen molar-refractivity contribution in [3.63, 3.8) is 0 Å². The Morgan fingerprint density at radius 2 is 1.69 bits per heavy atom. The van der Waals surface area contributed by atoms with E-state index in [0.717, 1.165) is 5.56 Å². The summed E-state index contributed by atoms with van der Waals surface area (Å²) in [6, 6.07) is 16.6. The van der Waals surface area contributed by atoms with Crippen molar-refractivity contribution in [1.29, 1.82) is 0 Å². The van der Waals surface area contributed by atoms with Gasteiger partial charge in [-0.1, -0.05) is 62.4 Å². The maximum absolute atomic E-state index is 8.10. The molecular weight excluding hydrogens is 192 g/mol. The van der Waals surface area contributed by atoms with Gasteiger partial charge in [0.2, 0.25) is 0 Å². The maximum Gasteiger partial charge on any atom is 0.0347 e. The molecule has 16 heavy (non-hydrogen) atoms. The third-order valence-electron chi connectivity index (χ3n) is 2.90. The summed E-state index contributed by atoms with van der Waals surface area (Å²) in [5, 5.41) is 0. The van der Waals surface area contributed by atoms with Gasteiger partial charge in [-0.3, -0.25) is 0 Å². The quantitative estimate of drug-likeness (QED) is 0.670. The standard InChI is InChI=1S/C16H18/c1-12(2)15-10-9-13(3)16(11-15)14-7-5-4-6-8-14/h4-12H,1-3H3/i12D. The van der Waals surface area contributed by atoms with E-state index in [1.54, 1.807) is 0 Å². The fraction of sp³-hybridized carbons (Fsp3) is 0.250. The summed E-state index contributed by atoms with van der Waals surface area (Å²) in [4.78, 5) is 0. The predicted molar refractivity (Wildman–Crippen MR) is 70.7 cm³/mol. The highest BCUT2D eigenvalue weighted by Gasteiger charge is 2.05. The lowest BCUT2D eigenvalue weighted by molar-refractivity contribution is 0.866. The van der Waals surface area contributed by atoms with Crippen LogP contribution in [0.2, 0.25) is 0 Å². The molecule has 0 unspecified atom stereocenters. The molecule has 0 aliphatic heterocycles. The molecule has 0 aliphatic carbocycles. The molecular formula is C16H18. The van der Waals surface area contributed by atoms with Gasteiger partial charge in [-0.2, -0.15) is 0 Å². The van der Waals surface area contributed by atoms with Crippen molar-refractivity contribution in [3.05, 3.63) is 59.7 Å². The molecule has 0 amide bonds.